The van der Waals surface area contributed by atoms with Crippen molar-refractivity contribution < 1.29 is 9.53 Å². The summed E-state index contributed by atoms with van der Waals surface area (Å²) >= 11 is 2.82. The molecular formula is C20H20N4O3S2. The smallest absolute Gasteiger partial charge is 0.338 e. The number of ether oxygens (including phenoxy) is 1. The van der Waals surface area contributed by atoms with Crippen LogP contribution in [0.4, 0.5) is 0 Å². The molecule has 3 aromatic heterocycles. The number of carbonyl (C=O) groups excluding carboxylic acids is 1. The fourth-order valence-electron chi connectivity index (χ4n) is 3.29. The van der Waals surface area contributed by atoms with Gasteiger partial charge in [-0.05, 0) is 38.3 Å². The minimum Gasteiger partial charge on any atom is -0.463 e. The first-order chi connectivity index (χ1) is 14.0. The van der Waals surface area contributed by atoms with E-state index in [1.165, 1.54) is 22.7 Å². The number of thiophene rings is 1. The largest absolute Gasteiger partial charge is 0.463 e. The molecule has 0 saturated carbocycles. The number of hydrogen-bond acceptors (Lipinski definition) is 7. The Bertz CT molecular complexity index is 1260. The lowest BCUT2D eigenvalue weighted by Crippen LogP contribution is -2.39. The lowest BCUT2D eigenvalue weighted by atomic mass is 10.0. The van der Waals surface area contributed by atoms with Gasteiger partial charge in [-0.2, -0.15) is 5.10 Å². The molecule has 4 rings (SSSR count). The molecule has 0 N–H and O–H groups in total. The summed E-state index contributed by atoms with van der Waals surface area (Å²) in [4.78, 5) is 32.1. The quantitative estimate of drug-likeness (QED) is 0.583. The Labute approximate surface area is 174 Å². The number of aromatic nitrogens is 3. The Morgan fingerprint density at radius 2 is 2.21 bits per heavy atom. The molecule has 0 spiro atoms. The average molecular weight is 429 g/mol. The lowest BCUT2D eigenvalue weighted by molar-refractivity contribution is -0.139. The van der Waals surface area contributed by atoms with Gasteiger partial charge in [0, 0.05) is 23.2 Å². The standard InChI is InChI=1S/C20H20N4O3S2/c1-4-23-11-13(10-21-23)9-15-18(25)24-17(14-7-6-8-28-14)16(19(26)27-5-2)12(3)22-20(24)29-15/h6-11,17H,4-5H2,1-3H3. The van der Waals surface area contributed by atoms with Crippen LogP contribution < -0.4 is 14.9 Å². The van der Waals surface area contributed by atoms with Crippen molar-refractivity contribution in [1.82, 2.24) is 14.3 Å². The second kappa shape index (κ2) is 7.92. The average Bonchev–Trinajstić information content (AvgIpc) is 3.43. The van der Waals surface area contributed by atoms with Crippen LogP contribution in [0, 0.1) is 0 Å². The first-order valence-electron chi connectivity index (χ1n) is 9.29. The van der Waals surface area contributed by atoms with Crippen molar-refractivity contribution in [3.8, 4) is 0 Å². The molecule has 150 valence electrons. The summed E-state index contributed by atoms with van der Waals surface area (Å²) in [6, 6.07) is 3.30. The molecular weight excluding hydrogens is 408 g/mol. The third-order valence-corrected chi connectivity index (χ3v) is 6.51. The highest BCUT2D eigenvalue weighted by Gasteiger charge is 2.33. The van der Waals surface area contributed by atoms with E-state index in [-0.39, 0.29) is 12.2 Å². The predicted octanol–water partition coefficient (Wildman–Crippen LogP) is 2.08. The van der Waals surface area contributed by atoms with Crippen LogP contribution in [0.15, 0.2) is 51.0 Å². The molecule has 29 heavy (non-hydrogen) atoms. The van der Waals surface area contributed by atoms with Crippen LogP contribution in [0.2, 0.25) is 0 Å². The molecule has 0 fully saturated rings. The minimum absolute atomic E-state index is 0.175. The number of hydrogen-bond donors (Lipinski definition) is 0. The van der Waals surface area contributed by atoms with E-state index in [9.17, 15) is 9.59 Å². The Kier molecular flexibility index (Phi) is 5.33. The topological polar surface area (TPSA) is 78.5 Å². The number of rotatable bonds is 5. The highest BCUT2D eigenvalue weighted by molar-refractivity contribution is 7.10. The summed E-state index contributed by atoms with van der Waals surface area (Å²) in [5.74, 6) is -0.439. The van der Waals surface area contributed by atoms with E-state index >= 15 is 0 Å². The van der Waals surface area contributed by atoms with Gasteiger partial charge >= 0.3 is 5.97 Å². The molecule has 0 amide bonds. The van der Waals surface area contributed by atoms with E-state index < -0.39 is 12.0 Å². The Morgan fingerprint density at radius 3 is 2.86 bits per heavy atom. The fourth-order valence-corrected chi connectivity index (χ4v) is 5.16. The Balaban J connectivity index is 1.92. The van der Waals surface area contributed by atoms with Gasteiger partial charge in [-0.25, -0.2) is 9.79 Å². The van der Waals surface area contributed by atoms with Crippen molar-refractivity contribution in [3.63, 3.8) is 0 Å². The van der Waals surface area contributed by atoms with Crippen molar-refractivity contribution >= 4 is 34.7 Å². The van der Waals surface area contributed by atoms with Crippen LogP contribution in [0.3, 0.4) is 0 Å². The van der Waals surface area contributed by atoms with Gasteiger partial charge < -0.3 is 4.74 Å². The first kappa shape index (κ1) is 19.5. The van der Waals surface area contributed by atoms with Crippen molar-refractivity contribution in [1.29, 1.82) is 0 Å². The zero-order valence-corrected chi connectivity index (χ0v) is 17.9. The number of esters is 1. The van der Waals surface area contributed by atoms with Crippen molar-refractivity contribution in [2.24, 2.45) is 4.99 Å². The van der Waals surface area contributed by atoms with Gasteiger partial charge in [0.2, 0.25) is 0 Å². The second-order valence-electron chi connectivity index (χ2n) is 6.45. The number of allylic oxidation sites excluding steroid dienone is 1. The minimum atomic E-state index is -0.536. The van der Waals surface area contributed by atoms with Crippen LogP contribution in [-0.4, -0.2) is 26.9 Å². The van der Waals surface area contributed by atoms with Crippen molar-refractivity contribution in [3.05, 3.63) is 71.3 Å². The van der Waals surface area contributed by atoms with Crippen LogP contribution >= 0.6 is 22.7 Å². The molecule has 4 heterocycles. The van der Waals surface area contributed by atoms with E-state index in [0.717, 1.165) is 17.0 Å². The summed E-state index contributed by atoms with van der Waals surface area (Å²) in [5, 5.41) is 6.19. The summed E-state index contributed by atoms with van der Waals surface area (Å²) in [6.07, 6.45) is 5.44. The fraction of sp³-hybridized carbons (Fsp3) is 0.300. The van der Waals surface area contributed by atoms with Crippen LogP contribution in [0.1, 0.15) is 37.3 Å². The number of aryl methyl sites for hydroxylation is 1. The van der Waals surface area contributed by atoms with Crippen LogP contribution in [-0.2, 0) is 16.1 Å². The highest BCUT2D eigenvalue weighted by Crippen LogP contribution is 2.33. The molecule has 0 aliphatic carbocycles. The summed E-state index contributed by atoms with van der Waals surface area (Å²) in [5.41, 5.74) is 1.66. The predicted molar refractivity (Wildman–Crippen MR) is 113 cm³/mol. The van der Waals surface area contributed by atoms with Gasteiger partial charge in [-0.15, -0.1) is 11.3 Å². The summed E-state index contributed by atoms with van der Waals surface area (Å²) in [7, 11) is 0. The molecule has 1 atom stereocenters. The van der Waals surface area contributed by atoms with Gasteiger partial charge in [-0.1, -0.05) is 17.4 Å². The van der Waals surface area contributed by atoms with E-state index in [2.05, 4.69) is 10.1 Å². The number of fused-ring (bicyclic) bond motifs is 1. The van der Waals surface area contributed by atoms with E-state index in [4.69, 9.17) is 4.74 Å². The van der Waals surface area contributed by atoms with Gasteiger partial charge in [0.25, 0.3) is 5.56 Å². The Morgan fingerprint density at radius 1 is 1.38 bits per heavy atom. The Hall–Kier alpha value is -2.78. The third kappa shape index (κ3) is 3.51. The maximum Gasteiger partial charge on any atom is 0.338 e. The summed E-state index contributed by atoms with van der Waals surface area (Å²) in [6.45, 7) is 6.58. The second-order valence-corrected chi connectivity index (χ2v) is 8.44. The lowest BCUT2D eigenvalue weighted by Gasteiger charge is -2.23. The molecule has 1 aliphatic heterocycles. The van der Waals surface area contributed by atoms with Crippen molar-refractivity contribution in [2.45, 2.75) is 33.4 Å². The zero-order valence-electron chi connectivity index (χ0n) is 16.3. The number of thiazole rings is 1. The van der Waals surface area contributed by atoms with E-state index in [0.29, 0.717) is 20.6 Å². The maximum atomic E-state index is 13.3. The number of carbonyl (C=O) groups is 1. The maximum absolute atomic E-state index is 13.3. The molecule has 0 bridgehead atoms. The molecule has 0 radical (unpaired) electrons. The third-order valence-electron chi connectivity index (χ3n) is 4.60. The molecule has 3 aromatic rings. The zero-order chi connectivity index (χ0) is 20.5. The normalized spacial score (nSPS) is 16.7. The number of nitrogens with zero attached hydrogens (tertiary/aromatic N) is 4. The van der Waals surface area contributed by atoms with Crippen LogP contribution in [0.5, 0.6) is 0 Å². The van der Waals surface area contributed by atoms with Gasteiger partial charge in [0.05, 0.1) is 28.6 Å². The van der Waals surface area contributed by atoms with E-state index in [1.54, 1.807) is 29.3 Å². The summed E-state index contributed by atoms with van der Waals surface area (Å²) < 4.78 is 9.23. The molecule has 0 aromatic carbocycles. The highest BCUT2D eigenvalue weighted by atomic mass is 32.1. The molecule has 9 heteroatoms. The van der Waals surface area contributed by atoms with Gasteiger partial charge in [-0.3, -0.25) is 14.0 Å². The molecule has 7 nitrogen and oxygen atoms in total. The molecule has 1 unspecified atom stereocenters. The monoisotopic (exact) mass is 428 g/mol. The van der Waals surface area contributed by atoms with Crippen molar-refractivity contribution in [2.75, 3.05) is 6.61 Å². The van der Waals surface area contributed by atoms with Gasteiger partial charge in [0.15, 0.2) is 4.80 Å². The van der Waals surface area contributed by atoms with Crippen LogP contribution in [0.25, 0.3) is 6.08 Å². The first-order valence-corrected chi connectivity index (χ1v) is 11.0. The SMILES string of the molecule is CCOC(=O)C1=C(C)N=c2sc(=Cc3cnn(CC)c3)c(=O)n2C1c1cccs1. The molecule has 1 aliphatic rings. The molecule has 0 saturated heterocycles. The van der Waals surface area contributed by atoms with Gasteiger partial charge in [0.1, 0.15) is 6.04 Å². The van der Waals surface area contributed by atoms with E-state index in [1.807, 2.05) is 36.7 Å².